The zero-order chi connectivity index (χ0) is 11.4. The number of carboxylic acid groups (broad SMARTS) is 1. The first-order chi connectivity index (χ1) is 6.29. The maximum absolute atomic E-state index is 11.4. The molecule has 0 saturated heterocycles. The number of nitrogens with one attached hydrogen (secondary N) is 1. The number of carbonyl (C=O) groups is 2. The lowest BCUT2D eigenvalue weighted by Crippen LogP contribution is -2.45. The molecule has 4 heteroatoms. The number of terminal acetylenes is 1. The molecule has 4 nitrogen and oxygen atoms in total. The highest BCUT2D eigenvalue weighted by molar-refractivity contribution is 5.86. The molecule has 1 amide bonds. The molecule has 2 N–H and O–H groups in total. The number of aliphatic carboxylic acids is 1. The average molecular weight is 197 g/mol. The van der Waals surface area contributed by atoms with E-state index < -0.39 is 17.4 Å². The van der Waals surface area contributed by atoms with Crippen molar-refractivity contribution in [3.8, 4) is 12.3 Å². The Morgan fingerprint density at radius 3 is 2.29 bits per heavy atom. The first-order valence-corrected chi connectivity index (χ1v) is 4.26. The number of hydrogen-bond donors (Lipinski definition) is 2. The summed E-state index contributed by atoms with van der Waals surface area (Å²) in [4.78, 5) is 22.1. The summed E-state index contributed by atoms with van der Waals surface area (Å²) in [6, 6.07) is -0.994. The SMILES string of the molecule is C#CCC(NC(=O)C(C)(C)C)C(=O)O. The third-order valence-corrected chi connectivity index (χ3v) is 1.61. The van der Waals surface area contributed by atoms with Gasteiger partial charge in [-0.2, -0.15) is 0 Å². The lowest BCUT2D eigenvalue weighted by Gasteiger charge is -2.20. The normalized spacial score (nSPS) is 12.7. The fourth-order valence-corrected chi connectivity index (χ4v) is 0.693. The molecule has 0 aliphatic heterocycles. The van der Waals surface area contributed by atoms with Gasteiger partial charge in [-0.3, -0.25) is 4.79 Å². The third kappa shape index (κ3) is 3.94. The van der Waals surface area contributed by atoms with Crippen molar-refractivity contribution in [1.82, 2.24) is 5.32 Å². The van der Waals surface area contributed by atoms with Gasteiger partial charge in [-0.25, -0.2) is 4.79 Å². The Morgan fingerprint density at radius 2 is 2.00 bits per heavy atom. The molecular formula is C10H15NO3. The Bertz CT molecular complexity index is 270. The highest BCUT2D eigenvalue weighted by Crippen LogP contribution is 2.13. The van der Waals surface area contributed by atoms with Gasteiger partial charge in [0.05, 0.1) is 0 Å². The van der Waals surface area contributed by atoms with Crippen LogP contribution in [0.25, 0.3) is 0 Å². The van der Waals surface area contributed by atoms with E-state index in [1.54, 1.807) is 20.8 Å². The molecule has 0 saturated carbocycles. The van der Waals surface area contributed by atoms with E-state index in [0.29, 0.717) is 0 Å². The summed E-state index contributed by atoms with van der Waals surface area (Å²) >= 11 is 0. The van der Waals surface area contributed by atoms with Crippen molar-refractivity contribution in [3.05, 3.63) is 0 Å². The van der Waals surface area contributed by atoms with Crippen LogP contribution in [0.4, 0.5) is 0 Å². The average Bonchev–Trinajstić information content (AvgIpc) is 2.01. The van der Waals surface area contributed by atoms with Crippen LogP contribution < -0.4 is 5.32 Å². The molecule has 0 radical (unpaired) electrons. The topological polar surface area (TPSA) is 66.4 Å². The van der Waals surface area contributed by atoms with E-state index in [2.05, 4.69) is 11.2 Å². The summed E-state index contributed by atoms with van der Waals surface area (Å²) < 4.78 is 0. The van der Waals surface area contributed by atoms with Crippen LogP contribution in [-0.2, 0) is 9.59 Å². The minimum absolute atomic E-state index is 0.00282. The Labute approximate surface area is 83.7 Å². The van der Waals surface area contributed by atoms with Crippen molar-refractivity contribution < 1.29 is 14.7 Å². The predicted molar refractivity (Wildman–Crippen MR) is 52.5 cm³/mol. The number of amides is 1. The first-order valence-electron chi connectivity index (χ1n) is 4.26. The summed E-state index contributed by atoms with van der Waals surface area (Å²) in [5.74, 6) is 0.780. The van der Waals surface area contributed by atoms with Gasteiger partial charge >= 0.3 is 5.97 Å². The van der Waals surface area contributed by atoms with Gasteiger partial charge in [-0.15, -0.1) is 12.3 Å². The van der Waals surface area contributed by atoms with E-state index in [0.717, 1.165) is 0 Å². The lowest BCUT2D eigenvalue weighted by atomic mass is 9.95. The quantitative estimate of drug-likeness (QED) is 0.652. The first kappa shape index (κ1) is 12.5. The van der Waals surface area contributed by atoms with Crippen LogP contribution in [0.15, 0.2) is 0 Å². The molecule has 0 aromatic rings. The highest BCUT2D eigenvalue weighted by Gasteiger charge is 2.26. The lowest BCUT2D eigenvalue weighted by molar-refractivity contribution is -0.143. The summed E-state index contributed by atoms with van der Waals surface area (Å²) in [7, 11) is 0. The van der Waals surface area contributed by atoms with Crippen LogP contribution in [0.3, 0.4) is 0 Å². The standard InChI is InChI=1S/C10H15NO3/c1-5-6-7(8(12)13)11-9(14)10(2,3)4/h1,7H,6H2,2-4H3,(H,11,14)(H,12,13). The molecule has 1 atom stereocenters. The number of carbonyl (C=O) groups excluding carboxylic acids is 1. The molecule has 0 aliphatic carbocycles. The molecule has 1 unspecified atom stereocenters. The van der Waals surface area contributed by atoms with Crippen molar-refractivity contribution >= 4 is 11.9 Å². The zero-order valence-electron chi connectivity index (χ0n) is 8.63. The highest BCUT2D eigenvalue weighted by atomic mass is 16.4. The van der Waals surface area contributed by atoms with Crippen molar-refractivity contribution in [2.75, 3.05) is 0 Å². The van der Waals surface area contributed by atoms with Crippen LogP contribution in [0.5, 0.6) is 0 Å². The Hall–Kier alpha value is -1.50. The molecule has 14 heavy (non-hydrogen) atoms. The number of hydrogen-bond acceptors (Lipinski definition) is 2. The van der Waals surface area contributed by atoms with Gasteiger partial charge in [0.2, 0.25) is 5.91 Å². The van der Waals surface area contributed by atoms with E-state index in [-0.39, 0.29) is 12.3 Å². The molecule has 0 aromatic heterocycles. The fourth-order valence-electron chi connectivity index (χ4n) is 0.693. The largest absolute Gasteiger partial charge is 0.480 e. The van der Waals surface area contributed by atoms with Crippen molar-refractivity contribution in [3.63, 3.8) is 0 Å². The van der Waals surface area contributed by atoms with Crippen molar-refractivity contribution in [2.45, 2.75) is 33.2 Å². The Balaban J connectivity index is 4.40. The molecule has 78 valence electrons. The molecule has 0 bridgehead atoms. The second kappa shape index (κ2) is 4.66. The van der Waals surface area contributed by atoms with Crippen LogP contribution in [-0.4, -0.2) is 23.0 Å². The van der Waals surface area contributed by atoms with E-state index in [4.69, 9.17) is 11.5 Å². The van der Waals surface area contributed by atoms with Crippen LogP contribution in [0.2, 0.25) is 0 Å². The van der Waals surface area contributed by atoms with Gasteiger partial charge < -0.3 is 10.4 Å². The summed E-state index contributed by atoms with van der Waals surface area (Å²) in [6.45, 7) is 5.12. The summed E-state index contributed by atoms with van der Waals surface area (Å²) in [5, 5.41) is 11.1. The van der Waals surface area contributed by atoms with E-state index >= 15 is 0 Å². The smallest absolute Gasteiger partial charge is 0.327 e. The van der Waals surface area contributed by atoms with E-state index in [9.17, 15) is 9.59 Å². The maximum atomic E-state index is 11.4. The van der Waals surface area contributed by atoms with Gasteiger partial charge in [0.25, 0.3) is 0 Å². The molecule has 0 heterocycles. The van der Waals surface area contributed by atoms with Gasteiger partial charge in [-0.1, -0.05) is 20.8 Å². The maximum Gasteiger partial charge on any atom is 0.327 e. The minimum Gasteiger partial charge on any atom is -0.480 e. The van der Waals surface area contributed by atoms with Gasteiger partial charge in [0.15, 0.2) is 0 Å². The zero-order valence-corrected chi connectivity index (χ0v) is 8.63. The second-order valence-electron chi connectivity index (χ2n) is 4.02. The van der Waals surface area contributed by atoms with Gasteiger partial charge in [-0.05, 0) is 0 Å². The van der Waals surface area contributed by atoms with Crippen LogP contribution in [0, 0.1) is 17.8 Å². The molecular weight excluding hydrogens is 182 g/mol. The number of rotatable bonds is 3. The van der Waals surface area contributed by atoms with E-state index in [1.807, 2.05) is 0 Å². The summed E-state index contributed by atoms with van der Waals surface area (Å²) in [6.07, 6.45) is 4.98. The van der Waals surface area contributed by atoms with Gasteiger partial charge in [0.1, 0.15) is 6.04 Å². The second-order valence-corrected chi connectivity index (χ2v) is 4.02. The molecule has 0 rings (SSSR count). The van der Waals surface area contributed by atoms with Crippen molar-refractivity contribution in [1.29, 1.82) is 0 Å². The third-order valence-electron chi connectivity index (χ3n) is 1.61. The predicted octanol–water partition coefficient (Wildman–Crippen LogP) is 0.625. The Kier molecular flexibility index (Phi) is 4.16. The van der Waals surface area contributed by atoms with Crippen molar-refractivity contribution in [2.24, 2.45) is 5.41 Å². The van der Waals surface area contributed by atoms with E-state index in [1.165, 1.54) is 0 Å². The van der Waals surface area contributed by atoms with Crippen LogP contribution >= 0.6 is 0 Å². The van der Waals surface area contributed by atoms with Crippen LogP contribution in [0.1, 0.15) is 27.2 Å². The fraction of sp³-hybridized carbons (Fsp3) is 0.600. The molecule has 0 aliphatic rings. The summed E-state index contributed by atoms with van der Waals surface area (Å²) in [5.41, 5.74) is -0.609. The molecule has 0 aromatic carbocycles. The molecule has 0 fully saturated rings. The Morgan fingerprint density at radius 1 is 1.50 bits per heavy atom. The monoisotopic (exact) mass is 197 g/mol. The van der Waals surface area contributed by atoms with Gasteiger partial charge in [0, 0.05) is 11.8 Å². The minimum atomic E-state index is -1.11. The molecule has 0 spiro atoms. The number of carboxylic acids is 1.